The number of anilines is 1. The lowest BCUT2D eigenvalue weighted by Crippen LogP contribution is -2.29. The van der Waals surface area contributed by atoms with Crippen molar-refractivity contribution in [1.29, 1.82) is 0 Å². The van der Waals surface area contributed by atoms with Crippen molar-refractivity contribution in [2.24, 2.45) is 0 Å². The van der Waals surface area contributed by atoms with Crippen LogP contribution in [0.15, 0.2) is 0 Å². The molecule has 17 heavy (non-hydrogen) atoms. The lowest BCUT2D eigenvalue weighted by atomic mass is 10.1. The van der Waals surface area contributed by atoms with Crippen LogP contribution < -0.4 is 11.1 Å². The molecule has 1 aliphatic rings. The monoisotopic (exact) mass is 256 g/mol. The number of hydrogen-bond acceptors (Lipinski definition) is 6. The summed E-state index contributed by atoms with van der Waals surface area (Å²) in [7, 11) is 0. The fraction of sp³-hybridized carbons (Fsp3) is 0.700. The second-order valence-electron chi connectivity index (χ2n) is 3.98. The Morgan fingerprint density at radius 1 is 1.53 bits per heavy atom. The molecule has 2 heterocycles. The first-order valence-electron chi connectivity index (χ1n) is 5.74. The first-order valence-corrected chi connectivity index (χ1v) is 6.56. The molecule has 7 heteroatoms. The minimum absolute atomic E-state index is 0.213. The number of nitrogens with one attached hydrogen (secondary N) is 1. The van der Waals surface area contributed by atoms with E-state index in [-0.39, 0.29) is 12.0 Å². The molecule has 0 aromatic carbocycles. The van der Waals surface area contributed by atoms with Gasteiger partial charge < -0.3 is 15.8 Å². The average molecular weight is 256 g/mol. The van der Waals surface area contributed by atoms with E-state index in [4.69, 9.17) is 10.5 Å². The molecule has 1 atom stereocenters. The second kappa shape index (κ2) is 5.92. The van der Waals surface area contributed by atoms with Crippen LogP contribution in [0, 0.1) is 0 Å². The van der Waals surface area contributed by atoms with Crippen LogP contribution in [0.5, 0.6) is 0 Å². The number of aromatic nitrogens is 2. The van der Waals surface area contributed by atoms with Gasteiger partial charge in [0, 0.05) is 13.2 Å². The van der Waals surface area contributed by atoms with Gasteiger partial charge in [-0.1, -0.05) is 11.3 Å². The van der Waals surface area contributed by atoms with Gasteiger partial charge in [-0.3, -0.25) is 4.79 Å². The standard InChI is InChI=1S/C10H16N4O2S/c11-10-14-13-9(17-10)8(15)12-5-4-7-3-1-2-6-16-7/h7H,1-6H2,(H2,11,14)(H,12,15). The first-order chi connectivity index (χ1) is 8.25. The summed E-state index contributed by atoms with van der Waals surface area (Å²) >= 11 is 1.09. The van der Waals surface area contributed by atoms with E-state index >= 15 is 0 Å². The Labute approximate surface area is 104 Å². The molecule has 1 aromatic heterocycles. The zero-order valence-electron chi connectivity index (χ0n) is 9.52. The maximum atomic E-state index is 11.6. The van der Waals surface area contributed by atoms with E-state index in [2.05, 4.69) is 15.5 Å². The normalized spacial score (nSPS) is 20.1. The van der Waals surface area contributed by atoms with Gasteiger partial charge in [0.2, 0.25) is 10.1 Å². The highest BCUT2D eigenvalue weighted by Gasteiger charge is 2.15. The Morgan fingerprint density at radius 3 is 3.06 bits per heavy atom. The van der Waals surface area contributed by atoms with Gasteiger partial charge in [0.15, 0.2) is 0 Å². The first kappa shape index (κ1) is 12.3. The van der Waals surface area contributed by atoms with Crippen LogP contribution in [0.1, 0.15) is 35.5 Å². The summed E-state index contributed by atoms with van der Waals surface area (Å²) in [6.07, 6.45) is 4.57. The minimum atomic E-state index is -0.213. The Kier molecular flexibility index (Phi) is 4.27. The molecule has 0 aliphatic carbocycles. The average Bonchev–Trinajstić information content (AvgIpc) is 2.77. The topological polar surface area (TPSA) is 90.1 Å². The molecule has 1 aromatic rings. The minimum Gasteiger partial charge on any atom is -0.378 e. The van der Waals surface area contributed by atoms with Crippen molar-refractivity contribution in [2.45, 2.75) is 31.8 Å². The van der Waals surface area contributed by atoms with Crippen molar-refractivity contribution in [2.75, 3.05) is 18.9 Å². The number of nitrogen functional groups attached to an aromatic ring is 1. The Bertz CT molecular complexity index is 376. The molecule has 0 spiro atoms. The molecule has 0 radical (unpaired) electrons. The van der Waals surface area contributed by atoms with Gasteiger partial charge in [0.05, 0.1) is 6.10 Å². The van der Waals surface area contributed by atoms with Gasteiger partial charge in [-0.15, -0.1) is 10.2 Å². The Morgan fingerprint density at radius 2 is 2.41 bits per heavy atom. The van der Waals surface area contributed by atoms with Gasteiger partial charge in [-0.2, -0.15) is 0 Å². The number of carbonyl (C=O) groups excluding carboxylic acids is 1. The molecule has 1 fully saturated rings. The molecule has 6 nitrogen and oxygen atoms in total. The predicted molar refractivity (Wildman–Crippen MR) is 64.9 cm³/mol. The van der Waals surface area contributed by atoms with Crippen molar-refractivity contribution in [3.63, 3.8) is 0 Å². The molecular weight excluding hydrogens is 240 g/mol. The summed E-state index contributed by atoms with van der Waals surface area (Å²) < 4.78 is 5.57. The van der Waals surface area contributed by atoms with Crippen LogP contribution in [-0.4, -0.2) is 35.4 Å². The van der Waals surface area contributed by atoms with E-state index in [0.717, 1.165) is 37.2 Å². The van der Waals surface area contributed by atoms with Crippen LogP contribution in [0.25, 0.3) is 0 Å². The molecule has 1 aliphatic heterocycles. The fourth-order valence-electron chi connectivity index (χ4n) is 1.78. The number of ether oxygens (including phenoxy) is 1. The number of nitrogens with zero attached hydrogens (tertiary/aromatic N) is 2. The number of rotatable bonds is 4. The van der Waals surface area contributed by atoms with Gasteiger partial charge >= 0.3 is 0 Å². The van der Waals surface area contributed by atoms with Gasteiger partial charge in [-0.05, 0) is 25.7 Å². The highest BCUT2D eigenvalue weighted by Crippen LogP contribution is 2.15. The van der Waals surface area contributed by atoms with Crippen molar-refractivity contribution in [3.05, 3.63) is 5.01 Å². The van der Waals surface area contributed by atoms with Crippen LogP contribution in [0.4, 0.5) is 5.13 Å². The van der Waals surface area contributed by atoms with E-state index in [9.17, 15) is 4.79 Å². The summed E-state index contributed by atoms with van der Waals surface area (Å²) in [5.41, 5.74) is 5.41. The van der Waals surface area contributed by atoms with E-state index in [1.807, 2.05) is 0 Å². The number of carbonyl (C=O) groups is 1. The van der Waals surface area contributed by atoms with Gasteiger partial charge in [0.25, 0.3) is 5.91 Å². The van der Waals surface area contributed by atoms with E-state index in [1.54, 1.807) is 0 Å². The van der Waals surface area contributed by atoms with Crippen LogP contribution >= 0.6 is 11.3 Å². The van der Waals surface area contributed by atoms with E-state index in [1.165, 1.54) is 6.42 Å². The molecule has 0 bridgehead atoms. The van der Waals surface area contributed by atoms with E-state index < -0.39 is 0 Å². The molecule has 2 rings (SSSR count). The highest BCUT2D eigenvalue weighted by atomic mass is 32.1. The maximum absolute atomic E-state index is 11.6. The molecule has 0 saturated carbocycles. The van der Waals surface area contributed by atoms with Crippen LogP contribution in [-0.2, 0) is 4.74 Å². The Hall–Kier alpha value is -1.21. The van der Waals surface area contributed by atoms with Crippen LogP contribution in [0.2, 0.25) is 0 Å². The smallest absolute Gasteiger partial charge is 0.282 e. The zero-order valence-corrected chi connectivity index (χ0v) is 10.3. The van der Waals surface area contributed by atoms with Crippen molar-refractivity contribution in [3.8, 4) is 0 Å². The summed E-state index contributed by atoms with van der Waals surface area (Å²) in [6, 6.07) is 0. The number of hydrogen-bond donors (Lipinski definition) is 2. The zero-order chi connectivity index (χ0) is 12.1. The van der Waals surface area contributed by atoms with Crippen LogP contribution in [0.3, 0.4) is 0 Å². The second-order valence-corrected chi connectivity index (χ2v) is 4.99. The highest BCUT2D eigenvalue weighted by molar-refractivity contribution is 7.16. The lowest BCUT2D eigenvalue weighted by molar-refractivity contribution is 0.0117. The quantitative estimate of drug-likeness (QED) is 0.832. The van der Waals surface area contributed by atoms with Crippen molar-refractivity contribution in [1.82, 2.24) is 15.5 Å². The summed E-state index contributed by atoms with van der Waals surface area (Å²) in [5, 5.41) is 10.7. The maximum Gasteiger partial charge on any atom is 0.282 e. The van der Waals surface area contributed by atoms with E-state index in [0.29, 0.717) is 16.7 Å². The fourth-order valence-corrected chi connectivity index (χ4v) is 2.31. The van der Waals surface area contributed by atoms with Crippen molar-refractivity contribution < 1.29 is 9.53 Å². The SMILES string of the molecule is Nc1nnc(C(=O)NCCC2CCCCO2)s1. The number of nitrogens with two attached hydrogens (primary N) is 1. The summed E-state index contributed by atoms with van der Waals surface area (Å²) in [4.78, 5) is 11.6. The molecule has 1 amide bonds. The largest absolute Gasteiger partial charge is 0.378 e. The molecular formula is C10H16N4O2S. The van der Waals surface area contributed by atoms with Gasteiger partial charge in [0.1, 0.15) is 0 Å². The molecule has 1 unspecified atom stereocenters. The van der Waals surface area contributed by atoms with Gasteiger partial charge in [-0.25, -0.2) is 0 Å². The third kappa shape index (κ3) is 3.64. The molecule has 1 saturated heterocycles. The molecule has 94 valence electrons. The Balaban J connectivity index is 1.69. The lowest BCUT2D eigenvalue weighted by Gasteiger charge is -2.22. The molecule has 3 N–H and O–H groups in total. The third-order valence-corrected chi connectivity index (χ3v) is 3.41. The number of amides is 1. The summed E-state index contributed by atoms with van der Waals surface area (Å²) in [5.74, 6) is -0.213. The van der Waals surface area contributed by atoms with Crippen molar-refractivity contribution >= 4 is 22.4 Å². The third-order valence-electron chi connectivity index (χ3n) is 2.66. The predicted octanol–water partition coefficient (Wildman–Crippen LogP) is 0.809. The summed E-state index contributed by atoms with van der Waals surface area (Å²) in [6.45, 7) is 1.44.